The molecule has 2 fully saturated rings. The molecular formula is C28H35N5O3. The number of pyridine rings is 1. The number of carbonyl (C=O) groups is 3. The summed E-state index contributed by atoms with van der Waals surface area (Å²) in [4.78, 5) is 49.7. The van der Waals surface area contributed by atoms with E-state index >= 15 is 0 Å². The summed E-state index contributed by atoms with van der Waals surface area (Å²) in [5.41, 5.74) is 2.34. The molecule has 5 rings (SSSR count). The molecule has 36 heavy (non-hydrogen) atoms. The van der Waals surface area contributed by atoms with E-state index in [1.807, 2.05) is 29.2 Å². The summed E-state index contributed by atoms with van der Waals surface area (Å²) >= 11 is 0. The molecular weight excluding hydrogens is 454 g/mol. The summed E-state index contributed by atoms with van der Waals surface area (Å²) in [6, 6.07) is 11.3. The Labute approximate surface area is 212 Å². The molecule has 0 radical (unpaired) electrons. The zero-order chi connectivity index (χ0) is 25.4. The topological polar surface area (TPSA) is 85.9 Å². The van der Waals surface area contributed by atoms with Crippen LogP contribution < -0.4 is 10.2 Å². The first-order chi connectivity index (χ1) is 17.2. The van der Waals surface area contributed by atoms with Crippen LogP contribution >= 0.6 is 0 Å². The number of nitrogens with zero attached hydrogens (tertiary/aromatic N) is 4. The molecule has 0 aliphatic carbocycles. The van der Waals surface area contributed by atoms with E-state index in [4.69, 9.17) is 0 Å². The van der Waals surface area contributed by atoms with Gasteiger partial charge in [-0.15, -0.1) is 0 Å². The molecule has 0 spiro atoms. The standard InChI is InChI=1S/C28H35N5O3/c1-19-15-32(22(14-29-19)16-31-11-7-10-24(31)34)17-25(35)33-18-28(2,3)27-23(33)12-21(13-30-27)26(36)20-8-5-4-6-9-20/h4-6,8-9,12-13,19,22,29H,7,10-11,14-18H2,1-3H3/t19-,22-/m1/s1. The average Bonchev–Trinajstić information content (AvgIpc) is 3.39. The molecule has 2 aromatic rings. The number of aromatic nitrogens is 1. The first-order valence-electron chi connectivity index (χ1n) is 12.9. The predicted octanol–water partition coefficient (Wildman–Crippen LogP) is 2.22. The number of rotatable bonds is 6. The highest BCUT2D eigenvalue weighted by atomic mass is 16.2. The minimum atomic E-state index is -0.308. The molecule has 2 amide bonds. The maximum atomic E-state index is 13.7. The highest BCUT2D eigenvalue weighted by molar-refractivity contribution is 6.10. The van der Waals surface area contributed by atoms with Gasteiger partial charge in [-0.25, -0.2) is 0 Å². The third kappa shape index (κ3) is 4.80. The summed E-state index contributed by atoms with van der Waals surface area (Å²) in [6.45, 7) is 10.0. The van der Waals surface area contributed by atoms with E-state index in [1.165, 1.54) is 0 Å². The molecule has 3 aliphatic heterocycles. The zero-order valence-corrected chi connectivity index (χ0v) is 21.4. The summed E-state index contributed by atoms with van der Waals surface area (Å²) in [7, 11) is 0. The summed E-state index contributed by atoms with van der Waals surface area (Å²) in [6.07, 6.45) is 3.15. The van der Waals surface area contributed by atoms with Crippen LogP contribution in [-0.2, 0) is 15.0 Å². The normalized spacial score (nSPS) is 23.7. The Bertz CT molecular complexity index is 1170. The van der Waals surface area contributed by atoms with Crippen molar-refractivity contribution >= 4 is 23.3 Å². The van der Waals surface area contributed by atoms with Crippen molar-refractivity contribution in [3.8, 4) is 0 Å². The van der Waals surface area contributed by atoms with E-state index < -0.39 is 0 Å². The van der Waals surface area contributed by atoms with Gasteiger partial charge in [-0.05, 0) is 19.4 Å². The molecule has 8 nitrogen and oxygen atoms in total. The quantitative estimate of drug-likeness (QED) is 0.627. The second-order valence-corrected chi connectivity index (χ2v) is 11.0. The van der Waals surface area contributed by atoms with Gasteiger partial charge in [-0.3, -0.25) is 24.3 Å². The monoisotopic (exact) mass is 489 g/mol. The maximum Gasteiger partial charge on any atom is 0.241 e. The van der Waals surface area contributed by atoms with Crippen molar-refractivity contribution < 1.29 is 14.4 Å². The fraction of sp³-hybridized carbons (Fsp3) is 0.500. The first kappa shape index (κ1) is 24.6. The van der Waals surface area contributed by atoms with Crippen LogP contribution in [0.25, 0.3) is 0 Å². The van der Waals surface area contributed by atoms with Gasteiger partial charge in [-0.2, -0.15) is 0 Å². The Morgan fingerprint density at radius 1 is 1.17 bits per heavy atom. The van der Waals surface area contributed by atoms with E-state index in [-0.39, 0.29) is 41.6 Å². The van der Waals surface area contributed by atoms with Gasteiger partial charge >= 0.3 is 0 Å². The lowest BCUT2D eigenvalue weighted by Crippen LogP contribution is -2.60. The minimum absolute atomic E-state index is 0.000200. The number of anilines is 1. The number of carbonyl (C=O) groups excluding carboxylic acids is 3. The lowest BCUT2D eigenvalue weighted by Gasteiger charge is -2.41. The highest BCUT2D eigenvalue weighted by Gasteiger charge is 2.41. The van der Waals surface area contributed by atoms with Crippen molar-refractivity contribution in [3.05, 3.63) is 59.4 Å². The summed E-state index contributed by atoms with van der Waals surface area (Å²) < 4.78 is 0. The molecule has 0 saturated carbocycles. The number of piperazine rings is 1. The van der Waals surface area contributed by atoms with Crippen molar-refractivity contribution in [3.63, 3.8) is 0 Å². The lowest BCUT2D eigenvalue weighted by molar-refractivity contribution is -0.128. The average molecular weight is 490 g/mol. The molecule has 0 unspecified atom stereocenters. The Morgan fingerprint density at radius 3 is 2.67 bits per heavy atom. The number of benzene rings is 1. The van der Waals surface area contributed by atoms with Crippen molar-refractivity contribution in [1.29, 1.82) is 0 Å². The van der Waals surface area contributed by atoms with Crippen molar-refractivity contribution in [1.82, 2.24) is 20.1 Å². The van der Waals surface area contributed by atoms with Gasteiger partial charge in [0.05, 0.1) is 17.9 Å². The SMILES string of the molecule is C[C@@H]1CN(CC(=O)N2CC(C)(C)c3ncc(C(=O)c4ccccc4)cc32)[C@@H](CN2CCCC2=O)CN1. The van der Waals surface area contributed by atoms with Crippen LogP contribution in [0, 0.1) is 0 Å². The second-order valence-electron chi connectivity index (χ2n) is 11.0. The predicted molar refractivity (Wildman–Crippen MR) is 138 cm³/mol. The first-order valence-corrected chi connectivity index (χ1v) is 12.9. The Hall–Kier alpha value is -3.10. The zero-order valence-electron chi connectivity index (χ0n) is 21.4. The highest BCUT2D eigenvalue weighted by Crippen LogP contribution is 2.39. The molecule has 1 N–H and O–H groups in total. The second kappa shape index (κ2) is 9.75. The van der Waals surface area contributed by atoms with Crippen LogP contribution in [0.1, 0.15) is 55.2 Å². The maximum absolute atomic E-state index is 13.7. The Morgan fingerprint density at radius 2 is 1.94 bits per heavy atom. The fourth-order valence-electron chi connectivity index (χ4n) is 5.65. The van der Waals surface area contributed by atoms with Crippen LogP contribution in [0.4, 0.5) is 5.69 Å². The van der Waals surface area contributed by atoms with Crippen LogP contribution in [0.2, 0.25) is 0 Å². The van der Waals surface area contributed by atoms with Crippen molar-refractivity contribution in [2.45, 2.75) is 51.1 Å². The smallest absolute Gasteiger partial charge is 0.241 e. The van der Waals surface area contributed by atoms with E-state index in [0.717, 1.165) is 37.4 Å². The molecule has 3 aliphatic rings. The lowest BCUT2D eigenvalue weighted by atomic mass is 9.91. The molecule has 0 bridgehead atoms. The molecule has 1 aromatic carbocycles. The number of nitrogens with one attached hydrogen (secondary N) is 1. The van der Waals surface area contributed by atoms with Gasteiger partial charge in [0.1, 0.15) is 0 Å². The van der Waals surface area contributed by atoms with Gasteiger partial charge in [0.25, 0.3) is 0 Å². The van der Waals surface area contributed by atoms with Crippen LogP contribution in [0.3, 0.4) is 0 Å². The number of hydrogen-bond acceptors (Lipinski definition) is 6. The summed E-state index contributed by atoms with van der Waals surface area (Å²) in [5.74, 6) is 0.103. The third-order valence-electron chi connectivity index (χ3n) is 7.62. The molecule has 4 heterocycles. The number of ketones is 1. The summed E-state index contributed by atoms with van der Waals surface area (Å²) in [5, 5.41) is 3.51. The molecule has 2 atom stereocenters. The van der Waals surface area contributed by atoms with Gasteiger partial charge in [0, 0.05) is 74.0 Å². The van der Waals surface area contributed by atoms with Gasteiger partial charge in [-0.1, -0.05) is 44.2 Å². The van der Waals surface area contributed by atoms with Crippen LogP contribution in [0.15, 0.2) is 42.6 Å². The van der Waals surface area contributed by atoms with Crippen molar-refractivity contribution in [2.24, 2.45) is 0 Å². The number of fused-ring (bicyclic) bond motifs is 1. The fourth-order valence-corrected chi connectivity index (χ4v) is 5.65. The van der Waals surface area contributed by atoms with Crippen LogP contribution in [-0.4, -0.2) is 83.7 Å². The number of hydrogen-bond donors (Lipinski definition) is 1. The van der Waals surface area contributed by atoms with E-state index in [1.54, 1.807) is 23.2 Å². The minimum Gasteiger partial charge on any atom is -0.341 e. The number of amides is 2. The molecule has 8 heteroatoms. The largest absolute Gasteiger partial charge is 0.341 e. The van der Waals surface area contributed by atoms with E-state index in [0.29, 0.717) is 30.6 Å². The van der Waals surface area contributed by atoms with Gasteiger partial charge < -0.3 is 15.1 Å². The van der Waals surface area contributed by atoms with E-state index in [9.17, 15) is 14.4 Å². The molecule has 2 saturated heterocycles. The Balaban J connectivity index is 1.37. The number of likely N-dealkylation sites (tertiary alicyclic amines) is 1. The third-order valence-corrected chi connectivity index (χ3v) is 7.62. The van der Waals surface area contributed by atoms with Crippen molar-refractivity contribution in [2.75, 3.05) is 44.2 Å². The van der Waals surface area contributed by atoms with Crippen LogP contribution in [0.5, 0.6) is 0 Å². The van der Waals surface area contributed by atoms with E-state index in [2.05, 4.69) is 36.0 Å². The van der Waals surface area contributed by atoms with Gasteiger partial charge in [0.2, 0.25) is 11.8 Å². The molecule has 190 valence electrons. The molecule has 1 aromatic heterocycles. The Kier molecular flexibility index (Phi) is 6.66. The van der Waals surface area contributed by atoms with Gasteiger partial charge in [0.15, 0.2) is 5.78 Å².